The van der Waals surface area contributed by atoms with E-state index in [0.717, 1.165) is 44.9 Å². The van der Waals surface area contributed by atoms with Gasteiger partial charge in [0.1, 0.15) is 17.9 Å². The van der Waals surface area contributed by atoms with Crippen molar-refractivity contribution in [2.45, 2.75) is 53.5 Å². The molecule has 0 saturated carbocycles. The average Bonchev–Trinajstić information content (AvgIpc) is 3.05. The number of nitrogens with one attached hydrogen (secondary N) is 1. The van der Waals surface area contributed by atoms with Crippen molar-refractivity contribution in [2.75, 3.05) is 0 Å². The third kappa shape index (κ3) is 2.90. The summed E-state index contributed by atoms with van der Waals surface area (Å²) in [4.78, 5) is 8.26. The van der Waals surface area contributed by atoms with Gasteiger partial charge in [-0.3, -0.25) is 4.99 Å². The van der Waals surface area contributed by atoms with Crippen LogP contribution in [0.15, 0.2) is 28.3 Å². The maximum absolute atomic E-state index is 10.0. The van der Waals surface area contributed by atoms with Crippen LogP contribution < -0.4 is 0 Å². The van der Waals surface area contributed by atoms with Gasteiger partial charge in [-0.2, -0.15) is 10.5 Å². The molecule has 0 spiro atoms. The lowest BCUT2D eigenvalue weighted by atomic mass is 9.79. The summed E-state index contributed by atoms with van der Waals surface area (Å²) in [7, 11) is 0. The van der Waals surface area contributed by atoms with Gasteiger partial charge < -0.3 is 10.1 Å². The summed E-state index contributed by atoms with van der Waals surface area (Å²) in [5, 5.41) is 29.1. The third-order valence-electron chi connectivity index (χ3n) is 5.75. The quantitative estimate of drug-likeness (QED) is 0.821. The standard InChI is InChI=1S/C23H24N4O/c1-11-7-17(28)8-12(2)20(11)21(22-13(3)18(9-24)15(5)26-22)23-14(4)19(10-25)16(6)27-23/h7-8,21-22,27-28H,1-6H3. The van der Waals surface area contributed by atoms with E-state index in [0.29, 0.717) is 11.1 Å². The molecule has 0 bridgehead atoms. The molecule has 1 aromatic carbocycles. The second-order valence-corrected chi connectivity index (χ2v) is 7.58. The fourth-order valence-corrected chi connectivity index (χ4v) is 4.45. The van der Waals surface area contributed by atoms with Crippen LogP contribution >= 0.6 is 0 Å². The number of nitrogens with zero attached hydrogens (tertiary/aromatic N) is 3. The molecule has 3 rings (SSSR count). The van der Waals surface area contributed by atoms with E-state index in [9.17, 15) is 15.6 Å². The zero-order valence-corrected chi connectivity index (χ0v) is 17.1. The second-order valence-electron chi connectivity index (χ2n) is 7.58. The van der Waals surface area contributed by atoms with Crippen LogP contribution in [-0.2, 0) is 0 Å². The monoisotopic (exact) mass is 372 g/mol. The van der Waals surface area contributed by atoms with E-state index in [1.54, 1.807) is 12.1 Å². The van der Waals surface area contributed by atoms with Crippen molar-refractivity contribution in [2.24, 2.45) is 4.99 Å². The first-order valence-electron chi connectivity index (χ1n) is 9.26. The topological polar surface area (TPSA) is 96.0 Å². The molecule has 0 saturated heterocycles. The van der Waals surface area contributed by atoms with Crippen LogP contribution in [0, 0.1) is 50.4 Å². The van der Waals surface area contributed by atoms with Crippen molar-refractivity contribution in [1.29, 1.82) is 10.5 Å². The number of rotatable bonds is 3. The molecular formula is C23H24N4O. The van der Waals surface area contributed by atoms with Crippen LogP contribution in [0.5, 0.6) is 5.75 Å². The van der Waals surface area contributed by atoms with Gasteiger partial charge in [0.2, 0.25) is 0 Å². The summed E-state index contributed by atoms with van der Waals surface area (Å²) >= 11 is 0. The Labute approximate surface area is 165 Å². The Bertz CT molecular complexity index is 1100. The highest BCUT2D eigenvalue weighted by Crippen LogP contribution is 2.42. The highest BCUT2D eigenvalue weighted by molar-refractivity contribution is 6.04. The molecule has 5 nitrogen and oxygen atoms in total. The number of aryl methyl sites for hydroxylation is 3. The number of nitriles is 2. The summed E-state index contributed by atoms with van der Waals surface area (Å²) in [5.41, 5.74) is 8.60. The normalized spacial score (nSPS) is 17.3. The van der Waals surface area contributed by atoms with Crippen LogP contribution in [0.2, 0.25) is 0 Å². The molecule has 0 radical (unpaired) electrons. The summed E-state index contributed by atoms with van der Waals surface area (Å²) in [6.07, 6.45) is 0. The number of benzene rings is 1. The molecule has 2 unspecified atom stereocenters. The fraction of sp³-hybridized carbons (Fsp3) is 0.348. The van der Waals surface area contributed by atoms with Gasteiger partial charge in [-0.1, -0.05) is 0 Å². The number of phenols is 1. The number of H-pyrrole nitrogens is 1. The van der Waals surface area contributed by atoms with Gasteiger partial charge in [-0.25, -0.2) is 0 Å². The lowest BCUT2D eigenvalue weighted by Crippen LogP contribution is -2.21. The van der Waals surface area contributed by atoms with Crippen molar-refractivity contribution >= 4 is 5.71 Å². The van der Waals surface area contributed by atoms with E-state index in [-0.39, 0.29) is 17.7 Å². The maximum Gasteiger partial charge on any atom is 0.116 e. The van der Waals surface area contributed by atoms with Crippen LogP contribution in [0.4, 0.5) is 0 Å². The number of aromatic nitrogens is 1. The van der Waals surface area contributed by atoms with Gasteiger partial charge >= 0.3 is 0 Å². The number of aromatic hydroxyl groups is 1. The van der Waals surface area contributed by atoms with Gasteiger partial charge in [-0.15, -0.1) is 0 Å². The van der Waals surface area contributed by atoms with Gasteiger partial charge in [0.05, 0.1) is 28.8 Å². The Morgan fingerprint density at radius 2 is 1.64 bits per heavy atom. The van der Waals surface area contributed by atoms with Crippen LogP contribution in [0.1, 0.15) is 59.0 Å². The molecule has 2 heterocycles. The molecule has 2 atom stereocenters. The number of hydrogen-bond donors (Lipinski definition) is 2. The summed E-state index contributed by atoms with van der Waals surface area (Å²) < 4.78 is 0. The predicted molar refractivity (Wildman–Crippen MR) is 110 cm³/mol. The summed E-state index contributed by atoms with van der Waals surface area (Å²) in [6, 6.07) is 7.83. The van der Waals surface area contributed by atoms with Crippen molar-refractivity contribution in [3.05, 3.63) is 62.5 Å². The molecule has 28 heavy (non-hydrogen) atoms. The second kappa shape index (κ2) is 7.02. The van der Waals surface area contributed by atoms with Crippen molar-refractivity contribution in [3.63, 3.8) is 0 Å². The highest BCUT2D eigenvalue weighted by Gasteiger charge is 2.36. The lowest BCUT2D eigenvalue weighted by molar-refractivity contribution is 0.473. The fourth-order valence-electron chi connectivity index (χ4n) is 4.45. The molecule has 2 aromatic rings. The van der Waals surface area contributed by atoms with E-state index in [2.05, 4.69) is 17.1 Å². The van der Waals surface area contributed by atoms with E-state index in [1.807, 2.05) is 41.5 Å². The van der Waals surface area contributed by atoms with Crippen LogP contribution in [-0.4, -0.2) is 21.8 Å². The molecular weight excluding hydrogens is 348 g/mol. The Hall–Kier alpha value is -3.31. The zero-order valence-electron chi connectivity index (χ0n) is 17.1. The largest absolute Gasteiger partial charge is 0.508 e. The highest BCUT2D eigenvalue weighted by atomic mass is 16.3. The molecule has 1 aliphatic heterocycles. The molecule has 0 fully saturated rings. The van der Waals surface area contributed by atoms with Crippen molar-refractivity contribution < 1.29 is 5.11 Å². The predicted octanol–water partition coefficient (Wildman–Crippen LogP) is 4.64. The third-order valence-corrected chi connectivity index (χ3v) is 5.75. The first-order valence-corrected chi connectivity index (χ1v) is 9.26. The van der Waals surface area contributed by atoms with Crippen molar-refractivity contribution in [3.8, 4) is 17.9 Å². The molecule has 1 aliphatic rings. The summed E-state index contributed by atoms with van der Waals surface area (Å²) in [5.74, 6) is 0.0490. The number of hydrogen-bond acceptors (Lipinski definition) is 4. The molecule has 0 aliphatic carbocycles. The zero-order chi connectivity index (χ0) is 20.7. The van der Waals surface area contributed by atoms with Crippen LogP contribution in [0.3, 0.4) is 0 Å². The Balaban J connectivity index is 2.34. The smallest absolute Gasteiger partial charge is 0.116 e. The number of phenolic OH excluding ortho intramolecular Hbond substituents is 1. The molecule has 2 N–H and O–H groups in total. The minimum absolute atomic E-state index is 0.179. The van der Waals surface area contributed by atoms with E-state index >= 15 is 0 Å². The molecule has 1 aromatic heterocycles. The van der Waals surface area contributed by atoms with Gasteiger partial charge in [0.25, 0.3) is 0 Å². The first-order chi connectivity index (χ1) is 13.2. The van der Waals surface area contributed by atoms with Crippen LogP contribution in [0.25, 0.3) is 0 Å². The van der Waals surface area contributed by atoms with E-state index in [1.165, 1.54) is 0 Å². The van der Waals surface area contributed by atoms with E-state index in [4.69, 9.17) is 4.99 Å². The number of allylic oxidation sites excluding steroid dienone is 1. The minimum Gasteiger partial charge on any atom is -0.508 e. The number of aromatic amines is 1. The molecule has 0 amide bonds. The van der Waals surface area contributed by atoms with Crippen molar-refractivity contribution in [1.82, 2.24) is 4.98 Å². The Kier molecular flexibility index (Phi) is 4.87. The first kappa shape index (κ1) is 19.5. The molecule has 5 heteroatoms. The average molecular weight is 372 g/mol. The van der Waals surface area contributed by atoms with Gasteiger partial charge in [-0.05, 0) is 81.5 Å². The Morgan fingerprint density at radius 1 is 1.04 bits per heavy atom. The Morgan fingerprint density at radius 3 is 2.11 bits per heavy atom. The van der Waals surface area contributed by atoms with E-state index < -0.39 is 0 Å². The SMILES string of the molecule is CC1=NC(C(c2[nH]c(C)c(C#N)c2C)c2c(C)cc(O)cc2C)C(C)=C1C#N. The maximum atomic E-state index is 10.0. The summed E-state index contributed by atoms with van der Waals surface area (Å²) in [6.45, 7) is 11.6. The molecule has 142 valence electrons. The van der Waals surface area contributed by atoms with Gasteiger partial charge in [0, 0.05) is 11.4 Å². The number of aliphatic imine (C=N–C) groups is 1. The lowest BCUT2D eigenvalue weighted by Gasteiger charge is -2.27. The van der Waals surface area contributed by atoms with Gasteiger partial charge in [0.15, 0.2) is 0 Å². The minimum atomic E-state index is -0.236.